The van der Waals surface area contributed by atoms with Crippen molar-refractivity contribution in [2.75, 3.05) is 0 Å². The topological polar surface area (TPSA) is 87.0 Å². The van der Waals surface area contributed by atoms with Crippen LogP contribution >= 0.6 is 7.82 Å². The Morgan fingerprint density at radius 2 is 2.17 bits per heavy atom. The molecule has 0 rings (SSSR count). The van der Waals surface area contributed by atoms with Crippen LogP contribution in [-0.4, -0.2) is 21.0 Å². The van der Waals surface area contributed by atoms with Gasteiger partial charge >= 0.3 is 7.82 Å². The van der Waals surface area contributed by atoms with Gasteiger partial charge in [0.2, 0.25) is 0 Å². The molecule has 0 aromatic carbocycles. The molecule has 0 saturated carbocycles. The van der Waals surface area contributed by atoms with Gasteiger partial charge in [-0.1, -0.05) is 0 Å². The third-order valence-electron chi connectivity index (χ3n) is 1.05. The van der Waals surface area contributed by atoms with Crippen LogP contribution in [0.4, 0.5) is 0 Å². The summed E-state index contributed by atoms with van der Waals surface area (Å²) in [6.07, 6.45) is 0.829. The zero-order valence-electron chi connectivity index (χ0n) is 6.97. The molecule has 0 bridgehead atoms. The number of phosphoric acid groups is 1. The summed E-state index contributed by atoms with van der Waals surface area (Å²) in [6.45, 7) is 3.08. The van der Waals surface area contributed by atoms with Crippen molar-refractivity contribution in [1.82, 2.24) is 0 Å². The fourth-order valence-corrected chi connectivity index (χ4v) is 1.14. The van der Waals surface area contributed by atoms with Gasteiger partial charge in [-0.15, -0.1) is 0 Å². The molecule has 0 fully saturated rings. The van der Waals surface area contributed by atoms with Gasteiger partial charge in [0.05, 0.1) is 6.10 Å². The lowest BCUT2D eigenvalue weighted by atomic mass is 10.2. The quantitative estimate of drug-likeness (QED) is 0.456. The van der Waals surface area contributed by atoms with Crippen LogP contribution in [0.15, 0.2) is 11.8 Å². The highest BCUT2D eigenvalue weighted by atomic mass is 31.2. The van der Waals surface area contributed by atoms with Gasteiger partial charge in [-0.05, 0) is 19.9 Å². The Balaban J connectivity index is 4.13. The predicted octanol–water partition coefficient (Wildman–Crippen LogP) is 0.770. The number of phosphoric ester groups is 1. The van der Waals surface area contributed by atoms with Crippen molar-refractivity contribution in [3.8, 4) is 0 Å². The van der Waals surface area contributed by atoms with Gasteiger partial charge in [0.25, 0.3) is 0 Å². The molecule has 0 amide bonds. The summed E-state index contributed by atoms with van der Waals surface area (Å²) < 4.78 is 14.6. The van der Waals surface area contributed by atoms with E-state index in [1.165, 1.54) is 13.0 Å². The van der Waals surface area contributed by atoms with Crippen molar-refractivity contribution in [2.45, 2.75) is 26.4 Å². The first-order valence-electron chi connectivity index (χ1n) is 3.43. The molecule has 3 N–H and O–H groups in total. The van der Waals surface area contributed by atoms with Crippen LogP contribution in [0.2, 0.25) is 0 Å². The average Bonchev–Trinajstić information content (AvgIpc) is 1.82. The van der Waals surface area contributed by atoms with Crippen molar-refractivity contribution in [1.29, 1.82) is 0 Å². The first kappa shape index (κ1) is 11.6. The first-order chi connectivity index (χ1) is 5.35. The number of hydrogen-bond donors (Lipinski definition) is 3. The lowest BCUT2D eigenvalue weighted by Crippen LogP contribution is -2.03. The second-order valence-electron chi connectivity index (χ2n) is 2.39. The number of allylic oxidation sites excluding steroid dienone is 1. The van der Waals surface area contributed by atoms with Gasteiger partial charge in [-0.2, -0.15) is 0 Å². The maximum Gasteiger partial charge on any atom is 0.524 e. The van der Waals surface area contributed by atoms with Crippen LogP contribution in [0.5, 0.6) is 0 Å². The molecule has 6 heteroatoms. The highest BCUT2D eigenvalue weighted by molar-refractivity contribution is 7.46. The summed E-state index contributed by atoms with van der Waals surface area (Å²) in [7, 11) is -4.47. The third-order valence-corrected chi connectivity index (χ3v) is 1.53. The lowest BCUT2D eigenvalue weighted by Gasteiger charge is -2.11. The van der Waals surface area contributed by atoms with Crippen LogP contribution in [0.3, 0.4) is 0 Å². The highest BCUT2D eigenvalue weighted by Crippen LogP contribution is 2.39. The molecule has 0 aromatic heterocycles. The van der Waals surface area contributed by atoms with E-state index in [0.29, 0.717) is 0 Å². The summed E-state index contributed by atoms with van der Waals surface area (Å²) >= 11 is 0. The van der Waals surface area contributed by atoms with Gasteiger partial charge < -0.3 is 9.63 Å². The molecule has 0 aromatic rings. The first-order valence-corrected chi connectivity index (χ1v) is 4.96. The van der Waals surface area contributed by atoms with Crippen molar-refractivity contribution >= 4 is 7.82 Å². The molecule has 72 valence electrons. The zero-order chi connectivity index (χ0) is 9.78. The molecule has 0 spiro atoms. The summed E-state index contributed by atoms with van der Waals surface area (Å²) in [5.74, 6) is 0.0957. The van der Waals surface area contributed by atoms with Crippen molar-refractivity contribution in [3.05, 3.63) is 11.8 Å². The summed E-state index contributed by atoms with van der Waals surface area (Å²) in [6, 6.07) is 0. The Labute approximate surface area is 70.9 Å². The second-order valence-corrected chi connectivity index (χ2v) is 3.55. The van der Waals surface area contributed by atoms with E-state index in [9.17, 15) is 4.57 Å². The lowest BCUT2D eigenvalue weighted by molar-refractivity contribution is 0.167. The van der Waals surface area contributed by atoms with E-state index in [2.05, 4.69) is 4.52 Å². The minimum atomic E-state index is -4.47. The van der Waals surface area contributed by atoms with Crippen LogP contribution in [-0.2, 0) is 9.09 Å². The minimum Gasteiger partial charge on any atom is -0.409 e. The number of aliphatic hydroxyl groups excluding tert-OH is 1. The molecule has 0 aliphatic rings. The predicted molar refractivity (Wildman–Crippen MR) is 43.2 cm³/mol. The van der Waals surface area contributed by atoms with Gasteiger partial charge in [0.15, 0.2) is 0 Å². The maximum absolute atomic E-state index is 10.3. The molecule has 1 atom stereocenters. The maximum atomic E-state index is 10.3. The molecule has 0 aliphatic carbocycles. The molecule has 0 radical (unpaired) electrons. The Hall–Kier alpha value is -0.350. The largest absolute Gasteiger partial charge is 0.524 e. The van der Waals surface area contributed by atoms with Crippen molar-refractivity contribution < 1.29 is 24.0 Å². The average molecular weight is 196 g/mol. The fraction of sp³-hybridized carbons (Fsp3) is 0.667. The number of aliphatic hydroxyl groups is 1. The van der Waals surface area contributed by atoms with Gasteiger partial charge in [-0.25, -0.2) is 4.57 Å². The van der Waals surface area contributed by atoms with Gasteiger partial charge in [0.1, 0.15) is 5.76 Å². The van der Waals surface area contributed by atoms with E-state index >= 15 is 0 Å². The van der Waals surface area contributed by atoms with Gasteiger partial charge in [-0.3, -0.25) is 9.79 Å². The minimum absolute atomic E-state index is 0.0957. The molecule has 0 heterocycles. The van der Waals surface area contributed by atoms with E-state index in [0.717, 1.165) is 0 Å². The second kappa shape index (κ2) is 4.62. The van der Waals surface area contributed by atoms with Crippen LogP contribution < -0.4 is 0 Å². The van der Waals surface area contributed by atoms with Crippen LogP contribution in [0.1, 0.15) is 20.3 Å². The van der Waals surface area contributed by atoms with Crippen LogP contribution in [0.25, 0.3) is 0 Å². The Kier molecular flexibility index (Phi) is 4.49. The Morgan fingerprint density at radius 1 is 1.67 bits per heavy atom. The molecule has 0 saturated heterocycles. The van der Waals surface area contributed by atoms with Crippen molar-refractivity contribution in [2.24, 2.45) is 0 Å². The summed E-state index contributed by atoms with van der Waals surface area (Å²) in [5.41, 5.74) is 0. The van der Waals surface area contributed by atoms with E-state index in [1.54, 1.807) is 6.92 Å². The summed E-state index contributed by atoms with van der Waals surface area (Å²) in [5, 5.41) is 8.88. The standard InChI is InChI=1S/C6H13O5P/c1-3-6(4-5(2)7)11-12(8,9)10/h3,5,7H,4H2,1-2H3,(H2,8,9,10). The molecule has 12 heavy (non-hydrogen) atoms. The van der Waals surface area contributed by atoms with Gasteiger partial charge in [0, 0.05) is 6.42 Å². The number of rotatable bonds is 4. The smallest absolute Gasteiger partial charge is 0.409 e. The zero-order valence-corrected chi connectivity index (χ0v) is 7.86. The van der Waals surface area contributed by atoms with E-state index in [1.807, 2.05) is 0 Å². The Morgan fingerprint density at radius 3 is 2.42 bits per heavy atom. The molecule has 1 unspecified atom stereocenters. The molecular weight excluding hydrogens is 183 g/mol. The SMILES string of the molecule is CC=C(CC(C)O)OP(=O)(O)O. The van der Waals surface area contributed by atoms with E-state index in [-0.39, 0.29) is 12.2 Å². The van der Waals surface area contributed by atoms with E-state index in [4.69, 9.17) is 14.9 Å². The normalized spacial score (nSPS) is 15.9. The summed E-state index contributed by atoms with van der Waals surface area (Å²) in [4.78, 5) is 16.8. The highest BCUT2D eigenvalue weighted by Gasteiger charge is 2.17. The van der Waals surface area contributed by atoms with E-state index < -0.39 is 13.9 Å². The Bertz CT molecular complexity index is 204. The molecule has 0 aliphatic heterocycles. The molecular formula is C6H13O5P. The van der Waals surface area contributed by atoms with Crippen molar-refractivity contribution in [3.63, 3.8) is 0 Å². The number of hydrogen-bond acceptors (Lipinski definition) is 3. The monoisotopic (exact) mass is 196 g/mol. The van der Waals surface area contributed by atoms with Crippen LogP contribution in [0, 0.1) is 0 Å². The fourth-order valence-electron chi connectivity index (χ4n) is 0.652. The molecule has 5 nitrogen and oxygen atoms in total. The third kappa shape index (κ3) is 6.37.